The van der Waals surface area contributed by atoms with Gasteiger partial charge >= 0.3 is 0 Å². The molecule has 29 heavy (non-hydrogen) atoms. The molecule has 1 aliphatic carbocycles. The summed E-state index contributed by atoms with van der Waals surface area (Å²) in [6.45, 7) is 1.38. The third-order valence-corrected chi connectivity index (χ3v) is 6.19. The zero-order chi connectivity index (χ0) is 20.8. The van der Waals surface area contributed by atoms with Crippen LogP contribution in [0.15, 0.2) is 5.16 Å². The molecule has 2 heterocycles. The van der Waals surface area contributed by atoms with Crippen molar-refractivity contribution in [3.05, 3.63) is 11.5 Å². The van der Waals surface area contributed by atoms with Crippen LogP contribution in [-0.4, -0.2) is 58.4 Å². The summed E-state index contributed by atoms with van der Waals surface area (Å²) in [5, 5.41) is 13.3. The Morgan fingerprint density at radius 1 is 1.38 bits per heavy atom. The fourth-order valence-electron chi connectivity index (χ4n) is 3.90. The first-order valence-electron chi connectivity index (χ1n) is 10.1. The van der Waals surface area contributed by atoms with E-state index >= 15 is 0 Å². The summed E-state index contributed by atoms with van der Waals surface area (Å²) in [6, 6.07) is 0. The summed E-state index contributed by atoms with van der Waals surface area (Å²) in [7, 11) is 0. The zero-order valence-electron chi connectivity index (χ0n) is 16.6. The molecule has 2 fully saturated rings. The highest BCUT2D eigenvalue weighted by Crippen LogP contribution is 2.31. The summed E-state index contributed by atoms with van der Waals surface area (Å²) in [5.74, 6) is -0.681. The average molecular weight is 426 g/mol. The van der Waals surface area contributed by atoms with E-state index in [4.69, 9.17) is 0 Å². The van der Waals surface area contributed by atoms with Gasteiger partial charge in [-0.3, -0.25) is 14.8 Å². The molecule has 8 nitrogen and oxygen atoms in total. The van der Waals surface area contributed by atoms with Crippen molar-refractivity contribution >= 4 is 29.9 Å². The summed E-state index contributed by atoms with van der Waals surface area (Å²) < 4.78 is 14.9. The predicted molar refractivity (Wildman–Crippen MR) is 107 cm³/mol. The summed E-state index contributed by atoms with van der Waals surface area (Å²) in [5.41, 5.74) is 0.149. The number of halogens is 1. The standard InChI is InChI=1S/C19H28FN5O3S/c1-29-19-22-15(16(20)17(23-19)24-7-4-8-24)10-21-18(27)14(11-25(28)12-26)9-13-5-2-3-6-13/h12-14,28H,2-11H2,1H3,(H,21,27)/t14-/m1/s1. The predicted octanol–water partition coefficient (Wildman–Crippen LogP) is 2.21. The van der Waals surface area contributed by atoms with Crippen molar-refractivity contribution in [2.45, 2.75) is 50.2 Å². The van der Waals surface area contributed by atoms with E-state index in [2.05, 4.69) is 15.3 Å². The lowest BCUT2D eigenvalue weighted by Gasteiger charge is -2.32. The maximum absolute atomic E-state index is 14.9. The number of hydroxylamine groups is 2. The van der Waals surface area contributed by atoms with Crippen LogP contribution in [-0.2, 0) is 16.1 Å². The number of hydrogen-bond donors (Lipinski definition) is 2. The highest BCUT2D eigenvalue weighted by Gasteiger charge is 2.28. The van der Waals surface area contributed by atoms with Crippen molar-refractivity contribution in [2.24, 2.45) is 11.8 Å². The van der Waals surface area contributed by atoms with Crippen LogP contribution in [0.25, 0.3) is 0 Å². The van der Waals surface area contributed by atoms with Crippen molar-refractivity contribution in [1.29, 1.82) is 0 Å². The number of carbonyl (C=O) groups is 2. The highest BCUT2D eigenvalue weighted by molar-refractivity contribution is 7.98. The number of nitrogens with one attached hydrogen (secondary N) is 1. The average Bonchev–Trinajstić information content (AvgIpc) is 3.19. The number of amides is 2. The minimum atomic E-state index is -0.548. The fourth-order valence-corrected chi connectivity index (χ4v) is 4.28. The molecule has 3 rings (SSSR count). The Morgan fingerprint density at radius 3 is 2.69 bits per heavy atom. The van der Waals surface area contributed by atoms with E-state index in [1.807, 2.05) is 11.2 Å². The van der Waals surface area contributed by atoms with Crippen molar-refractivity contribution in [2.75, 3.05) is 30.8 Å². The van der Waals surface area contributed by atoms with Gasteiger partial charge in [-0.25, -0.2) is 19.4 Å². The van der Waals surface area contributed by atoms with Gasteiger partial charge < -0.3 is 10.2 Å². The molecule has 0 bridgehead atoms. The fraction of sp³-hybridized carbons (Fsp3) is 0.684. The Kier molecular flexibility index (Phi) is 7.65. The van der Waals surface area contributed by atoms with Gasteiger partial charge in [0.2, 0.25) is 12.3 Å². The summed E-state index contributed by atoms with van der Waals surface area (Å²) >= 11 is 1.32. The van der Waals surface area contributed by atoms with Gasteiger partial charge in [-0.05, 0) is 25.0 Å². The SMILES string of the molecule is CSc1nc(CNC(=O)[C@H](CC2CCCC2)CN(O)C=O)c(F)c(N2CCC2)n1. The number of rotatable bonds is 10. The van der Waals surface area contributed by atoms with E-state index in [9.17, 15) is 19.2 Å². The molecular formula is C19H28FN5O3S. The van der Waals surface area contributed by atoms with Crippen LogP contribution < -0.4 is 10.2 Å². The number of nitrogens with zero attached hydrogens (tertiary/aromatic N) is 4. The topological polar surface area (TPSA) is 98.7 Å². The number of anilines is 1. The van der Waals surface area contributed by atoms with Crippen LogP contribution in [0.2, 0.25) is 0 Å². The Balaban J connectivity index is 1.68. The highest BCUT2D eigenvalue weighted by atomic mass is 32.2. The molecule has 160 valence electrons. The molecular weight excluding hydrogens is 397 g/mol. The van der Waals surface area contributed by atoms with Gasteiger partial charge in [-0.15, -0.1) is 0 Å². The van der Waals surface area contributed by atoms with Gasteiger partial charge in [0, 0.05) is 13.1 Å². The Labute approximate surface area is 174 Å². The maximum atomic E-state index is 14.9. The third kappa shape index (κ3) is 5.57. The normalized spacial score (nSPS) is 17.7. The second-order valence-electron chi connectivity index (χ2n) is 7.66. The van der Waals surface area contributed by atoms with E-state index in [0.29, 0.717) is 29.0 Å². The van der Waals surface area contributed by atoms with Gasteiger partial charge in [0.05, 0.1) is 19.0 Å². The van der Waals surface area contributed by atoms with Gasteiger partial charge in [-0.1, -0.05) is 37.4 Å². The lowest BCUT2D eigenvalue weighted by atomic mass is 9.92. The van der Waals surface area contributed by atoms with E-state index in [1.165, 1.54) is 11.8 Å². The monoisotopic (exact) mass is 425 g/mol. The van der Waals surface area contributed by atoms with Crippen molar-refractivity contribution in [1.82, 2.24) is 20.3 Å². The second-order valence-corrected chi connectivity index (χ2v) is 8.44. The molecule has 2 amide bonds. The number of carbonyl (C=O) groups excluding carboxylic acids is 2. The van der Waals surface area contributed by atoms with Crippen molar-refractivity contribution in [3.63, 3.8) is 0 Å². The first-order chi connectivity index (χ1) is 14.0. The summed E-state index contributed by atoms with van der Waals surface area (Å²) in [6.07, 6.45) is 8.09. The molecule has 0 spiro atoms. The first kappa shape index (κ1) is 21.8. The maximum Gasteiger partial charge on any atom is 0.233 e. The molecule has 0 radical (unpaired) electrons. The van der Waals surface area contributed by atoms with Crippen molar-refractivity contribution < 1.29 is 19.2 Å². The van der Waals surface area contributed by atoms with Crippen LogP contribution in [0.5, 0.6) is 0 Å². The molecule has 1 saturated carbocycles. The van der Waals surface area contributed by atoms with Crippen LogP contribution >= 0.6 is 11.8 Å². The van der Waals surface area contributed by atoms with Crippen LogP contribution in [0.4, 0.5) is 10.2 Å². The van der Waals surface area contributed by atoms with E-state index in [1.54, 1.807) is 0 Å². The number of thioether (sulfide) groups is 1. The van der Waals surface area contributed by atoms with Gasteiger partial charge in [0.15, 0.2) is 16.8 Å². The smallest absolute Gasteiger partial charge is 0.233 e. The molecule has 0 unspecified atom stereocenters. The number of aromatic nitrogens is 2. The second kappa shape index (κ2) is 10.2. The Hall–Kier alpha value is -1.94. The van der Waals surface area contributed by atoms with Crippen LogP contribution in [0, 0.1) is 17.7 Å². The molecule has 2 N–H and O–H groups in total. The quantitative estimate of drug-likeness (QED) is 0.195. The number of hydrogen-bond acceptors (Lipinski definition) is 7. The Morgan fingerprint density at radius 2 is 2.10 bits per heavy atom. The molecule has 1 saturated heterocycles. The molecule has 1 aromatic heterocycles. The molecule has 2 aliphatic rings. The first-order valence-corrected chi connectivity index (χ1v) is 11.3. The van der Waals surface area contributed by atoms with E-state index in [0.717, 1.165) is 45.2 Å². The third-order valence-electron chi connectivity index (χ3n) is 5.64. The molecule has 10 heteroatoms. The van der Waals surface area contributed by atoms with Crippen LogP contribution in [0.1, 0.15) is 44.2 Å². The van der Waals surface area contributed by atoms with E-state index < -0.39 is 11.7 Å². The minimum Gasteiger partial charge on any atom is -0.354 e. The van der Waals surface area contributed by atoms with Gasteiger partial charge in [0.25, 0.3) is 0 Å². The van der Waals surface area contributed by atoms with Gasteiger partial charge in [0.1, 0.15) is 5.69 Å². The Bertz CT molecular complexity index is 728. The molecule has 1 atom stereocenters. The van der Waals surface area contributed by atoms with Gasteiger partial charge in [-0.2, -0.15) is 0 Å². The van der Waals surface area contributed by atoms with E-state index in [-0.39, 0.29) is 30.5 Å². The molecule has 1 aromatic rings. The largest absolute Gasteiger partial charge is 0.354 e. The zero-order valence-corrected chi connectivity index (χ0v) is 17.5. The summed E-state index contributed by atoms with van der Waals surface area (Å²) in [4.78, 5) is 33.9. The molecule has 0 aromatic carbocycles. The lowest BCUT2D eigenvalue weighted by Crippen LogP contribution is -2.40. The minimum absolute atomic E-state index is 0.0602. The van der Waals surface area contributed by atoms with Crippen molar-refractivity contribution in [3.8, 4) is 0 Å². The van der Waals surface area contributed by atoms with Crippen LogP contribution in [0.3, 0.4) is 0 Å². The molecule has 1 aliphatic heterocycles. The lowest BCUT2D eigenvalue weighted by molar-refractivity contribution is -0.155.